The smallest absolute Gasteiger partial charge is 0.462 e. The number of hydrogen-bond acceptors (Lipinski definition) is 8. The van der Waals surface area contributed by atoms with Crippen molar-refractivity contribution < 1.29 is 37.6 Å². The highest BCUT2D eigenvalue weighted by Gasteiger charge is 2.25. The molecule has 220 valence electrons. The summed E-state index contributed by atoms with van der Waals surface area (Å²) in [5.74, 6) is -0.898. The van der Waals surface area contributed by atoms with Gasteiger partial charge in [-0.05, 0) is 44.9 Å². The first kappa shape index (κ1) is 36.2. The summed E-state index contributed by atoms with van der Waals surface area (Å²) in [6.07, 6.45) is 23.0. The van der Waals surface area contributed by atoms with Crippen LogP contribution in [0.3, 0.4) is 0 Å². The van der Waals surface area contributed by atoms with E-state index in [1.807, 2.05) is 6.92 Å². The summed E-state index contributed by atoms with van der Waals surface area (Å²) in [7, 11) is -4.35. The van der Waals surface area contributed by atoms with Crippen LogP contribution in [0, 0.1) is 0 Å². The summed E-state index contributed by atoms with van der Waals surface area (Å²) in [6, 6.07) is 0. The van der Waals surface area contributed by atoms with Crippen LogP contribution >= 0.6 is 7.82 Å². The summed E-state index contributed by atoms with van der Waals surface area (Å²) < 4.78 is 31.9. The first-order valence-corrected chi connectivity index (χ1v) is 15.5. The van der Waals surface area contributed by atoms with E-state index in [0.29, 0.717) is 12.8 Å². The second kappa shape index (κ2) is 25.5. The Morgan fingerprint density at radius 3 is 2.13 bits per heavy atom. The molecule has 0 radical (unpaired) electrons. The van der Waals surface area contributed by atoms with E-state index in [-0.39, 0.29) is 32.6 Å². The predicted molar refractivity (Wildman–Crippen MR) is 150 cm³/mol. The van der Waals surface area contributed by atoms with Crippen molar-refractivity contribution in [1.29, 1.82) is 0 Å². The molecule has 0 aromatic heterocycles. The van der Waals surface area contributed by atoms with Crippen LogP contribution in [0.15, 0.2) is 36.5 Å². The van der Waals surface area contributed by atoms with Gasteiger partial charge in [0.25, 0.3) is 0 Å². The van der Waals surface area contributed by atoms with Crippen molar-refractivity contribution in [2.24, 2.45) is 5.73 Å². The lowest BCUT2D eigenvalue weighted by atomic mass is 10.1. The summed E-state index contributed by atoms with van der Waals surface area (Å²) >= 11 is 0. The Labute approximate surface area is 229 Å². The Kier molecular flexibility index (Phi) is 24.3. The van der Waals surface area contributed by atoms with Crippen LogP contribution in [0.1, 0.15) is 97.3 Å². The Hall–Kier alpha value is -1.77. The fourth-order valence-corrected chi connectivity index (χ4v) is 3.98. The van der Waals surface area contributed by atoms with Gasteiger partial charge in [-0.2, -0.15) is 0 Å². The number of allylic oxidation sites excluding steroid dienone is 6. The molecule has 38 heavy (non-hydrogen) atoms. The van der Waals surface area contributed by atoms with Gasteiger partial charge in [-0.3, -0.25) is 18.6 Å². The van der Waals surface area contributed by atoms with E-state index in [1.165, 1.54) is 0 Å². The third-order valence-electron chi connectivity index (χ3n) is 5.29. The molecule has 2 atom stereocenters. The van der Waals surface area contributed by atoms with Gasteiger partial charge in [0, 0.05) is 19.4 Å². The van der Waals surface area contributed by atoms with Crippen LogP contribution in [0.25, 0.3) is 0 Å². The summed E-state index contributed by atoms with van der Waals surface area (Å²) in [6.45, 7) is 3.28. The lowest BCUT2D eigenvalue weighted by Gasteiger charge is -2.19. The molecule has 0 aromatic rings. The van der Waals surface area contributed by atoms with Crippen LogP contribution in [-0.4, -0.2) is 49.3 Å². The Morgan fingerprint density at radius 2 is 1.45 bits per heavy atom. The molecule has 0 rings (SSSR count). The lowest BCUT2D eigenvalue weighted by molar-refractivity contribution is -0.161. The zero-order valence-corrected chi connectivity index (χ0v) is 24.3. The van der Waals surface area contributed by atoms with Gasteiger partial charge in [0.1, 0.15) is 6.61 Å². The molecule has 0 fully saturated rings. The highest BCUT2D eigenvalue weighted by molar-refractivity contribution is 7.47. The third kappa shape index (κ3) is 24.6. The Bertz CT molecular complexity index is 738. The number of rotatable bonds is 25. The number of nitrogens with two attached hydrogens (primary N) is 1. The van der Waals surface area contributed by atoms with E-state index in [0.717, 1.165) is 57.8 Å². The van der Waals surface area contributed by atoms with Crippen molar-refractivity contribution in [3.63, 3.8) is 0 Å². The molecule has 0 saturated heterocycles. The van der Waals surface area contributed by atoms with E-state index >= 15 is 0 Å². The average molecular weight is 560 g/mol. The van der Waals surface area contributed by atoms with Crippen LogP contribution in [0.2, 0.25) is 0 Å². The van der Waals surface area contributed by atoms with E-state index in [2.05, 4.69) is 47.9 Å². The van der Waals surface area contributed by atoms with Crippen molar-refractivity contribution in [3.05, 3.63) is 36.5 Å². The number of esters is 2. The minimum Gasteiger partial charge on any atom is -0.462 e. The van der Waals surface area contributed by atoms with Gasteiger partial charge in [0.15, 0.2) is 6.10 Å². The molecule has 9 nitrogen and oxygen atoms in total. The van der Waals surface area contributed by atoms with Gasteiger partial charge < -0.3 is 20.1 Å². The molecule has 10 heteroatoms. The van der Waals surface area contributed by atoms with E-state index in [4.69, 9.17) is 19.7 Å². The van der Waals surface area contributed by atoms with Crippen molar-refractivity contribution in [1.82, 2.24) is 0 Å². The van der Waals surface area contributed by atoms with E-state index < -0.39 is 32.5 Å². The molecule has 3 N–H and O–H groups in total. The van der Waals surface area contributed by atoms with Crippen LogP contribution < -0.4 is 5.73 Å². The maximum atomic E-state index is 12.3. The largest absolute Gasteiger partial charge is 0.472 e. The van der Waals surface area contributed by atoms with Crippen LogP contribution in [0.4, 0.5) is 0 Å². The topological polar surface area (TPSA) is 134 Å². The first-order chi connectivity index (χ1) is 18.3. The Morgan fingerprint density at radius 1 is 0.816 bits per heavy atom. The molecule has 0 amide bonds. The minimum atomic E-state index is -4.35. The van der Waals surface area contributed by atoms with E-state index in [1.54, 1.807) is 0 Å². The maximum Gasteiger partial charge on any atom is 0.472 e. The van der Waals surface area contributed by atoms with Crippen LogP contribution in [0.5, 0.6) is 0 Å². The zero-order valence-electron chi connectivity index (χ0n) is 23.4. The van der Waals surface area contributed by atoms with Gasteiger partial charge in [0.2, 0.25) is 0 Å². The molecule has 0 heterocycles. The van der Waals surface area contributed by atoms with Crippen molar-refractivity contribution in [2.45, 2.75) is 103 Å². The number of ether oxygens (including phenoxy) is 2. The molecular weight excluding hydrogens is 509 g/mol. The number of carbonyl (C=O) groups is 2. The highest BCUT2D eigenvalue weighted by Crippen LogP contribution is 2.43. The van der Waals surface area contributed by atoms with Crippen molar-refractivity contribution >= 4 is 19.8 Å². The number of carbonyl (C=O) groups excluding carboxylic acids is 2. The first-order valence-electron chi connectivity index (χ1n) is 14.0. The molecule has 0 saturated carbocycles. The maximum absolute atomic E-state index is 12.3. The van der Waals surface area contributed by atoms with Gasteiger partial charge >= 0.3 is 19.8 Å². The summed E-state index contributed by atoms with van der Waals surface area (Å²) in [4.78, 5) is 33.8. The highest BCUT2D eigenvalue weighted by atomic mass is 31.2. The molecule has 0 spiro atoms. The van der Waals surface area contributed by atoms with Crippen molar-refractivity contribution in [3.8, 4) is 0 Å². The van der Waals surface area contributed by atoms with Gasteiger partial charge in [0.05, 0.1) is 13.2 Å². The average Bonchev–Trinajstić information content (AvgIpc) is 2.90. The molecule has 0 aromatic carbocycles. The fraction of sp³-hybridized carbons (Fsp3) is 0.714. The lowest BCUT2D eigenvalue weighted by Crippen LogP contribution is -2.29. The monoisotopic (exact) mass is 559 g/mol. The standard InChI is InChI=1S/C28H50NO8P/c1-3-5-7-8-9-10-11-12-13-14-15-16-17-18-19-21-28(31)37-26(24-34-27(30)20-6-4-2)25-36-38(32,33)35-23-22-29/h5,7,9-10,12-13,26H,3-4,6,8,11,14-25,29H2,1-2H3,(H,32,33)/b7-5-,10-9-,13-12-. The Balaban J connectivity index is 4.20. The molecule has 0 aliphatic rings. The molecule has 0 aliphatic heterocycles. The van der Waals surface area contributed by atoms with Gasteiger partial charge in [-0.15, -0.1) is 0 Å². The third-order valence-corrected chi connectivity index (χ3v) is 6.27. The number of phosphoric acid groups is 1. The SMILES string of the molecule is CC/C=C\C/C=C\C/C=C\CCCCCCCC(=O)OC(COC(=O)CCCC)COP(=O)(O)OCCN. The van der Waals surface area contributed by atoms with Crippen molar-refractivity contribution in [2.75, 3.05) is 26.4 Å². The van der Waals surface area contributed by atoms with Crippen LogP contribution in [-0.2, 0) is 32.7 Å². The second-order valence-corrected chi connectivity index (χ2v) is 10.3. The zero-order chi connectivity index (χ0) is 28.3. The minimum absolute atomic E-state index is 0.0487. The van der Waals surface area contributed by atoms with Gasteiger partial charge in [-0.1, -0.05) is 76.0 Å². The molecule has 0 aliphatic carbocycles. The molecule has 2 unspecified atom stereocenters. The van der Waals surface area contributed by atoms with Gasteiger partial charge in [-0.25, -0.2) is 4.57 Å². The quantitative estimate of drug-likeness (QED) is 0.0571. The number of unbranched alkanes of at least 4 members (excludes halogenated alkanes) is 6. The predicted octanol–water partition coefficient (Wildman–Crippen LogP) is 6.31. The second-order valence-electron chi connectivity index (χ2n) is 8.88. The summed E-state index contributed by atoms with van der Waals surface area (Å²) in [5.41, 5.74) is 5.26. The number of phosphoric ester groups is 1. The van der Waals surface area contributed by atoms with E-state index in [9.17, 15) is 19.0 Å². The summed E-state index contributed by atoms with van der Waals surface area (Å²) in [5, 5.41) is 0. The normalized spacial score (nSPS) is 14.3. The fourth-order valence-electron chi connectivity index (χ4n) is 3.21. The molecule has 0 bridgehead atoms. The number of hydrogen-bond donors (Lipinski definition) is 2. The molecular formula is C28H50NO8P.